The predicted octanol–water partition coefficient (Wildman–Crippen LogP) is 3.85. The molecule has 4 heteroatoms. The molecular weight excluding hydrogens is 269 g/mol. The van der Waals surface area contributed by atoms with E-state index in [2.05, 4.69) is 5.32 Å². The summed E-state index contributed by atoms with van der Waals surface area (Å²) in [7, 11) is 0. The van der Waals surface area contributed by atoms with Gasteiger partial charge in [0.25, 0.3) is 5.91 Å². The van der Waals surface area contributed by atoms with E-state index in [4.69, 9.17) is 4.74 Å². The average Bonchev–Trinajstić information content (AvgIpc) is 2.46. The van der Waals surface area contributed by atoms with Crippen molar-refractivity contribution in [3.05, 3.63) is 59.4 Å². The highest BCUT2D eigenvalue weighted by atomic mass is 19.1. The minimum atomic E-state index is -0.671. The zero-order valence-electron chi connectivity index (χ0n) is 12.3. The number of carbonyl (C=O) groups excluding carboxylic acids is 1. The van der Waals surface area contributed by atoms with E-state index in [1.165, 1.54) is 24.3 Å². The molecule has 0 spiro atoms. The van der Waals surface area contributed by atoms with Crippen LogP contribution in [0.1, 0.15) is 18.1 Å². The Kier molecular flexibility index (Phi) is 4.58. The fourth-order valence-corrected chi connectivity index (χ4v) is 1.89. The number of aryl methyl sites for hydroxylation is 1. The Hall–Kier alpha value is -2.36. The Labute approximate surface area is 123 Å². The number of hydrogen-bond donors (Lipinski definition) is 1. The third-order valence-electron chi connectivity index (χ3n) is 3.36. The van der Waals surface area contributed by atoms with Gasteiger partial charge in [0.2, 0.25) is 0 Å². The molecule has 2 rings (SSSR count). The van der Waals surface area contributed by atoms with Crippen LogP contribution >= 0.6 is 0 Å². The number of carbonyl (C=O) groups is 1. The van der Waals surface area contributed by atoms with Crippen molar-refractivity contribution in [3.63, 3.8) is 0 Å². The molecule has 2 aromatic rings. The van der Waals surface area contributed by atoms with Crippen molar-refractivity contribution < 1.29 is 13.9 Å². The van der Waals surface area contributed by atoms with E-state index in [0.717, 1.165) is 16.8 Å². The van der Waals surface area contributed by atoms with Crippen LogP contribution in [0.3, 0.4) is 0 Å². The molecule has 0 aliphatic heterocycles. The summed E-state index contributed by atoms with van der Waals surface area (Å²) in [6.45, 7) is 5.60. The fourth-order valence-electron chi connectivity index (χ4n) is 1.89. The summed E-state index contributed by atoms with van der Waals surface area (Å²) in [6, 6.07) is 11.3. The smallest absolute Gasteiger partial charge is 0.265 e. The molecule has 0 aromatic heterocycles. The van der Waals surface area contributed by atoms with E-state index < -0.39 is 6.10 Å². The number of benzene rings is 2. The van der Waals surface area contributed by atoms with E-state index in [1.54, 1.807) is 6.92 Å². The lowest BCUT2D eigenvalue weighted by Gasteiger charge is -2.16. The van der Waals surface area contributed by atoms with Crippen molar-refractivity contribution in [2.75, 3.05) is 5.32 Å². The summed E-state index contributed by atoms with van der Waals surface area (Å²) in [5.41, 5.74) is 2.91. The van der Waals surface area contributed by atoms with Gasteiger partial charge in [-0.3, -0.25) is 4.79 Å². The topological polar surface area (TPSA) is 38.3 Å². The van der Waals surface area contributed by atoms with Gasteiger partial charge in [-0.2, -0.15) is 0 Å². The first-order valence-corrected chi connectivity index (χ1v) is 6.76. The fraction of sp³-hybridized carbons (Fsp3) is 0.235. The largest absolute Gasteiger partial charge is 0.481 e. The van der Waals surface area contributed by atoms with Gasteiger partial charge in [-0.25, -0.2) is 4.39 Å². The zero-order chi connectivity index (χ0) is 15.4. The minimum Gasteiger partial charge on any atom is -0.481 e. The van der Waals surface area contributed by atoms with Gasteiger partial charge in [-0.1, -0.05) is 12.1 Å². The molecule has 110 valence electrons. The number of hydrogen-bond acceptors (Lipinski definition) is 2. The zero-order valence-corrected chi connectivity index (χ0v) is 12.3. The molecule has 0 aliphatic carbocycles. The van der Waals surface area contributed by atoms with E-state index in [9.17, 15) is 9.18 Å². The Morgan fingerprint density at radius 2 is 1.81 bits per heavy atom. The van der Waals surface area contributed by atoms with Crippen LogP contribution in [0, 0.1) is 19.7 Å². The van der Waals surface area contributed by atoms with Gasteiger partial charge in [0.15, 0.2) is 6.10 Å². The summed E-state index contributed by atoms with van der Waals surface area (Å²) >= 11 is 0. The average molecular weight is 287 g/mol. The quantitative estimate of drug-likeness (QED) is 0.927. The second-order valence-electron chi connectivity index (χ2n) is 4.95. The molecule has 0 radical (unpaired) electrons. The molecule has 1 atom stereocenters. The molecule has 1 amide bonds. The lowest BCUT2D eigenvalue weighted by molar-refractivity contribution is -0.122. The highest BCUT2D eigenvalue weighted by molar-refractivity contribution is 5.94. The molecule has 0 saturated carbocycles. The van der Waals surface area contributed by atoms with Crippen LogP contribution in [0.2, 0.25) is 0 Å². The van der Waals surface area contributed by atoms with Crippen LogP contribution in [-0.4, -0.2) is 12.0 Å². The number of nitrogens with one attached hydrogen (secondary N) is 1. The number of halogens is 1. The lowest BCUT2D eigenvalue weighted by Crippen LogP contribution is -2.30. The number of ether oxygens (including phenoxy) is 1. The van der Waals surface area contributed by atoms with Crippen molar-refractivity contribution in [1.82, 2.24) is 0 Å². The maximum atomic E-state index is 12.8. The maximum absolute atomic E-state index is 12.8. The summed E-state index contributed by atoms with van der Waals surface area (Å²) in [6.07, 6.45) is -0.671. The van der Waals surface area contributed by atoms with Crippen LogP contribution < -0.4 is 10.1 Å². The van der Waals surface area contributed by atoms with Crippen molar-refractivity contribution in [2.45, 2.75) is 26.9 Å². The van der Waals surface area contributed by atoms with Crippen molar-refractivity contribution in [2.24, 2.45) is 0 Å². The summed E-state index contributed by atoms with van der Waals surface area (Å²) in [5, 5.41) is 2.84. The predicted molar refractivity (Wildman–Crippen MR) is 81.0 cm³/mol. The normalized spacial score (nSPS) is 11.8. The monoisotopic (exact) mass is 287 g/mol. The molecule has 21 heavy (non-hydrogen) atoms. The Bertz CT molecular complexity index is 638. The van der Waals surface area contributed by atoms with E-state index in [0.29, 0.717) is 5.75 Å². The molecular formula is C17H18FNO2. The van der Waals surface area contributed by atoms with Gasteiger partial charge in [0.1, 0.15) is 11.6 Å². The number of rotatable bonds is 4. The summed E-state index contributed by atoms with van der Waals surface area (Å²) in [5.74, 6) is -0.122. The Morgan fingerprint density at radius 3 is 2.48 bits per heavy atom. The van der Waals surface area contributed by atoms with Crippen molar-refractivity contribution in [1.29, 1.82) is 0 Å². The lowest BCUT2D eigenvalue weighted by atomic mass is 10.1. The minimum absolute atomic E-state index is 0.243. The third kappa shape index (κ3) is 3.81. The molecule has 1 N–H and O–H groups in total. The highest BCUT2D eigenvalue weighted by Crippen LogP contribution is 2.19. The van der Waals surface area contributed by atoms with Gasteiger partial charge in [0, 0.05) is 5.69 Å². The Morgan fingerprint density at radius 1 is 1.14 bits per heavy atom. The standard InChI is InChI=1S/C17H18FNO2/c1-11-5-4-6-16(12(11)2)19-17(20)13(3)21-15-9-7-14(18)8-10-15/h4-10,13H,1-3H3,(H,19,20). The van der Waals surface area contributed by atoms with E-state index in [1.807, 2.05) is 32.0 Å². The van der Waals surface area contributed by atoms with Gasteiger partial charge in [-0.05, 0) is 62.2 Å². The third-order valence-corrected chi connectivity index (χ3v) is 3.36. The van der Waals surface area contributed by atoms with Crippen molar-refractivity contribution in [3.8, 4) is 5.75 Å². The van der Waals surface area contributed by atoms with Crippen molar-refractivity contribution >= 4 is 11.6 Å². The maximum Gasteiger partial charge on any atom is 0.265 e. The summed E-state index contributed by atoms with van der Waals surface area (Å²) in [4.78, 5) is 12.1. The van der Waals surface area contributed by atoms with E-state index in [-0.39, 0.29) is 11.7 Å². The SMILES string of the molecule is Cc1cccc(NC(=O)C(C)Oc2ccc(F)cc2)c1C. The number of amides is 1. The van der Waals surface area contributed by atoms with Crippen LogP contribution in [0.15, 0.2) is 42.5 Å². The van der Waals surface area contributed by atoms with Crippen LogP contribution in [-0.2, 0) is 4.79 Å². The van der Waals surface area contributed by atoms with Gasteiger partial charge in [-0.15, -0.1) is 0 Å². The molecule has 3 nitrogen and oxygen atoms in total. The van der Waals surface area contributed by atoms with Gasteiger partial charge in [0.05, 0.1) is 0 Å². The number of anilines is 1. The second kappa shape index (κ2) is 6.39. The molecule has 0 fully saturated rings. The van der Waals surface area contributed by atoms with Gasteiger partial charge < -0.3 is 10.1 Å². The molecule has 1 unspecified atom stereocenters. The molecule has 0 saturated heterocycles. The van der Waals surface area contributed by atoms with Gasteiger partial charge >= 0.3 is 0 Å². The van der Waals surface area contributed by atoms with Crippen LogP contribution in [0.25, 0.3) is 0 Å². The Balaban J connectivity index is 2.02. The van der Waals surface area contributed by atoms with E-state index >= 15 is 0 Å². The molecule has 0 heterocycles. The molecule has 2 aromatic carbocycles. The second-order valence-corrected chi connectivity index (χ2v) is 4.95. The molecule has 0 bridgehead atoms. The summed E-state index contributed by atoms with van der Waals surface area (Å²) < 4.78 is 18.3. The van der Waals surface area contributed by atoms with Crippen LogP contribution in [0.5, 0.6) is 5.75 Å². The highest BCUT2D eigenvalue weighted by Gasteiger charge is 2.16. The first kappa shape index (κ1) is 15.0. The van der Waals surface area contributed by atoms with Crippen LogP contribution in [0.4, 0.5) is 10.1 Å². The first-order chi connectivity index (χ1) is 9.97. The molecule has 0 aliphatic rings. The first-order valence-electron chi connectivity index (χ1n) is 6.76.